The molecular formula is C14H23NO. The average molecular weight is 221 g/mol. The van der Waals surface area contributed by atoms with Crippen LogP contribution >= 0.6 is 0 Å². The van der Waals surface area contributed by atoms with Crippen LogP contribution in [0.5, 0.6) is 0 Å². The van der Waals surface area contributed by atoms with Crippen LogP contribution in [0.1, 0.15) is 31.4 Å². The highest BCUT2D eigenvalue weighted by Crippen LogP contribution is 2.13. The molecule has 16 heavy (non-hydrogen) atoms. The lowest BCUT2D eigenvalue weighted by molar-refractivity contribution is 0.0417. The van der Waals surface area contributed by atoms with Crippen LogP contribution < -0.4 is 5.73 Å². The molecule has 0 amide bonds. The minimum atomic E-state index is 0.0889. The number of rotatable bonds is 6. The lowest BCUT2D eigenvalue weighted by Crippen LogP contribution is -2.38. The van der Waals surface area contributed by atoms with Crippen LogP contribution in [0, 0.1) is 6.92 Å². The molecule has 0 radical (unpaired) electrons. The predicted octanol–water partition coefficient (Wildman–Crippen LogP) is 2.68. The smallest absolute Gasteiger partial charge is 0.0726 e. The molecule has 2 atom stereocenters. The van der Waals surface area contributed by atoms with Crippen molar-refractivity contribution in [3.63, 3.8) is 0 Å². The Bertz CT molecular complexity index is 311. The molecule has 0 aliphatic rings. The molecule has 1 aromatic rings. The molecule has 1 aromatic carbocycles. The number of aryl methyl sites for hydroxylation is 1. The maximum absolute atomic E-state index is 6.19. The molecule has 0 spiro atoms. The largest absolute Gasteiger partial charge is 0.377 e. The summed E-state index contributed by atoms with van der Waals surface area (Å²) in [6, 6.07) is 8.49. The van der Waals surface area contributed by atoms with Gasteiger partial charge in [-0.3, -0.25) is 0 Å². The SMILES string of the molecule is CCOC(CC)C(N)Cc1ccccc1C. The molecule has 0 fully saturated rings. The van der Waals surface area contributed by atoms with Crippen molar-refractivity contribution in [2.75, 3.05) is 6.61 Å². The van der Waals surface area contributed by atoms with E-state index in [0.717, 1.165) is 19.4 Å². The van der Waals surface area contributed by atoms with E-state index < -0.39 is 0 Å². The van der Waals surface area contributed by atoms with Gasteiger partial charge in [0.25, 0.3) is 0 Å². The van der Waals surface area contributed by atoms with Gasteiger partial charge in [-0.15, -0.1) is 0 Å². The van der Waals surface area contributed by atoms with E-state index in [-0.39, 0.29) is 12.1 Å². The van der Waals surface area contributed by atoms with Crippen molar-refractivity contribution in [1.29, 1.82) is 0 Å². The summed E-state index contributed by atoms with van der Waals surface area (Å²) in [4.78, 5) is 0. The van der Waals surface area contributed by atoms with Gasteiger partial charge < -0.3 is 10.5 Å². The fourth-order valence-corrected chi connectivity index (χ4v) is 1.98. The second-order valence-corrected chi connectivity index (χ2v) is 4.20. The van der Waals surface area contributed by atoms with Crippen LogP contribution in [-0.2, 0) is 11.2 Å². The summed E-state index contributed by atoms with van der Waals surface area (Å²) in [5, 5.41) is 0. The first-order valence-electron chi connectivity index (χ1n) is 6.10. The van der Waals surface area contributed by atoms with Gasteiger partial charge in [-0.05, 0) is 37.8 Å². The molecular weight excluding hydrogens is 198 g/mol. The number of hydrogen-bond acceptors (Lipinski definition) is 2. The fourth-order valence-electron chi connectivity index (χ4n) is 1.98. The van der Waals surface area contributed by atoms with E-state index in [2.05, 4.69) is 38.1 Å². The summed E-state index contributed by atoms with van der Waals surface area (Å²) in [7, 11) is 0. The molecule has 1 rings (SSSR count). The van der Waals surface area contributed by atoms with Gasteiger partial charge in [-0.2, -0.15) is 0 Å². The zero-order chi connectivity index (χ0) is 12.0. The maximum atomic E-state index is 6.19. The van der Waals surface area contributed by atoms with Crippen LogP contribution in [-0.4, -0.2) is 18.8 Å². The van der Waals surface area contributed by atoms with E-state index in [1.165, 1.54) is 11.1 Å². The summed E-state index contributed by atoms with van der Waals surface area (Å²) in [5.74, 6) is 0. The van der Waals surface area contributed by atoms with Gasteiger partial charge in [0.2, 0.25) is 0 Å². The quantitative estimate of drug-likeness (QED) is 0.801. The van der Waals surface area contributed by atoms with Gasteiger partial charge in [0.05, 0.1) is 6.10 Å². The third kappa shape index (κ3) is 3.62. The van der Waals surface area contributed by atoms with Crippen molar-refractivity contribution >= 4 is 0 Å². The highest BCUT2D eigenvalue weighted by atomic mass is 16.5. The number of benzene rings is 1. The Labute approximate surface area is 98.8 Å². The Morgan fingerprint density at radius 2 is 1.94 bits per heavy atom. The topological polar surface area (TPSA) is 35.2 Å². The van der Waals surface area contributed by atoms with Gasteiger partial charge in [-0.1, -0.05) is 31.2 Å². The Balaban J connectivity index is 2.62. The third-order valence-electron chi connectivity index (χ3n) is 2.98. The van der Waals surface area contributed by atoms with Crippen LogP contribution in [0.4, 0.5) is 0 Å². The molecule has 2 nitrogen and oxygen atoms in total. The first-order valence-corrected chi connectivity index (χ1v) is 6.10. The van der Waals surface area contributed by atoms with E-state index in [1.54, 1.807) is 0 Å². The zero-order valence-electron chi connectivity index (χ0n) is 10.6. The van der Waals surface area contributed by atoms with Crippen LogP contribution in [0.2, 0.25) is 0 Å². The third-order valence-corrected chi connectivity index (χ3v) is 2.98. The molecule has 2 heteroatoms. The molecule has 2 N–H and O–H groups in total. The first-order chi connectivity index (χ1) is 7.69. The van der Waals surface area contributed by atoms with Gasteiger partial charge in [0.15, 0.2) is 0 Å². The Morgan fingerprint density at radius 1 is 1.25 bits per heavy atom. The van der Waals surface area contributed by atoms with Crippen molar-refractivity contribution in [3.8, 4) is 0 Å². The first kappa shape index (κ1) is 13.2. The average Bonchev–Trinajstić information content (AvgIpc) is 2.29. The van der Waals surface area contributed by atoms with E-state index in [9.17, 15) is 0 Å². The van der Waals surface area contributed by atoms with E-state index in [1.807, 2.05) is 6.92 Å². The van der Waals surface area contributed by atoms with Crippen LogP contribution in [0.25, 0.3) is 0 Å². The minimum absolute atomic E-state index is 0.0889. The van der Waals surface area contributed by atoms with E-state index in [4.69, 9.17) is 10.5 Å². The van der Waals surface area contributed by atoms with Gasteiger partial charge in [-0.25, -0.2) is 0 Å². The van der Waals surface area contributed by atoms with Gasteiger partial charge in [0, 0.05) is 12.6 Å². The zero-order valence-corrected chi connectivity index (χ0v) is 10.6. The Morgan fingerprint density at radius 3 is 2.50 bits per heavy atom. The summed E-state index contributed by atoms with van der Waals surface area (Å²) in [5.41, 5.74) is 8.83. The van der Waals surface area contributed by atoms with Crippen molar-refractivity contribution in [2.24, 2.45) is 5.73 Å². The molecule has 0 saturated carbocycles. The molecule has 0 aliphatic carbocycles. The summed E-state index contributed by atoms with van der Waals surface area (Å²) in [6.45, 7) is 7.00. The highest BCUT2D eigenvalue weighted by Gasteiger charge is 2.16. The number of hydrogen-bond donors (Lipinski definition) is 1. The molecule has 0 aromatic heterocycles. The van der Waals surface area contributed by atoms with Crippen molar-refractivity contribution in [2.45, 2.75) is 45.8 Å². The van der Waals surface area contributed by atoms with Crippen molar-refractivity contribution in [3.05, 3.63) is 35.4 Å². The van der Waals surface area contributed by atoms with E-state index in [0.29, 0.717) is 0 Å². The molecule has 0 saturated heterocycles. The molecule has 0 heterocycles. The summed E-state index contributed by atoms with van der Waals surface area (Å²) in [6.07, 6.45) is 2.04. The van der Waals surface area contributed by atoms with Crippen molar-refractivity contribution < 1.29 is 4.74 Å². The lowest BCUT2D eigenvalue weighted by atomic mass is 9.97. The minimum Gasteiger partial charge on any atom is -0.377 e. The number of ether oxygens (including phenoxy) is 1. The molecule has 90 valence electrons. The highest BCUT2D eigenvalue weighted by molar-refractivity contribution is 5.26. The lowest BCUT2D eigenvalue weighted by Gasteiger charge is -2.23. The van der Waals surface area contributed by atoms with Gasteiger partial charge >= 0.3 is 0 Å². The second-order valence-electron chi connectivity index (χ2n) is 4.20. The predicted molar refractivity (Wildman–Crippen MR) is 68.6 cm³/mol. The van der Waals surface area contributed by atoms with E-state index >= 15 is 0 Å². The Hall–Kier alpha value is -0.860. The Kier molecular flexibility index (Phi) is 5.50. The summed E-state index contributed by atoms with van der Waals surface area (Å²) >= 11 is 0. The monoisotopic (exact) mass is 221 g/mol. The molecule has 0 bridgehead atoms. The fraction of sp³-hybridized carbons (Fsp3) is 0.571. The van der Waals surface area contributed by atoms with Crippen LogP contribution in [0.15, 0.2) is 24.3 Å². The molecule has 0 aliphatic heterocycles. The number of nitrogens with two attached hydrogens (primary N) is 1. The second kappa shape index (κ2) is 6.66. The van der Waals surface area contributed by atoms with Gasteiger partial charge in [0.1, 0.15) is 0 Å². The summed E-state index contributed by atoms with van der Waals surface area (Å²) < 4.78 is 5.64. The standard InChI is InChI=1S/C14H23NO/c1-4-14(16-5-2)13(15)10-12-9-7-6-8-11(12)3/h6-9,13-14H,4-5,10,15H2,1-3H3. The maximum Gasteiger partial charge on any atom is 0.0726 e. The van der Waals surface area contributed by atoms with Crippen molar-refractivity contribution in [1.82, 2.24) is 0 Å². The molecule has 2 unspecified atom stereocenters. The normalized spacial score (nSPS) is 14.8. The van der Waals surface area contributed by atoms with Crippen LogP contribution in [0.3, 0.4) is 0 Å².